The van der Waals surface area contributed by atoms with Gasteiger partial charge in [-0.05, 0) is 32.5 Å². The lowest BCUT2D eigenvalue weighted by atomic mass is 10.2. The number of pyridine rings is 1. The molecule has 0 radical (unpaired) electrons. The molecule has 1 rings (SSSR count). The number of aromatic nitrogens is 1. The molecule has 1 aromatic heterocycles. The SMILES string of the molecule is CCNCCC(=O)N(CC)Cc1cccc(C)n1. The Morgan fingerprint density at radius 1 is 1.39 bits per heavy atom. The van der Waals surface area contributed by atoms with E-state index in [-0.39, 0.29) is 5.91 Å². The molecule has 0 aromatic carbocycles. The number of carbonyl (C=O) groups excluding carboxylic acids is 1. The molecule has 0 aliphatic rings. The van der Waals surface area contributed by atoms with Crippen molar-refractivity contribution in [2.45, 2.75) is 33.7 Å². The highest BCUT2D eigenvalue weighted by Gasteiger charge is 2.12. The number of nitrogens with zero attached hydrogens (tertiary/aromatic N) is 2. The summed E-state index contributed by atoms with van der Waals surface area (Å²) >= 11 is 0. The van der Waals surface area contributed by atoms with Crippen LogP contribution < -0.4 is 5.32 Å². The van der Waals surface area contributed by atoms with Gasteiger partial charge in [0.1, 0.15) is 0 Å². The van der Waals surface area contributed by atoms with Crippen LogP contribution >= 0.6 is 0 Å². The maximum Gasteiger partial charge on any atom is 0.224 e. The van der Waals surface area contributed by atoms with Gasteiger partial charge < -0.3 is 10.2 Å². The minimum atomic E-state index is 0.182. The fraction of sp³-hybridized carbons (Fsp3) is 0.571. The summed E-state index contributed by atoms with van der Waals surface area (Å²) in [5.41, 5.74) is 1.94. The molecule has 1 amide bonds. The second kappa shape index (κ2) is 7.82. The van der Waals surface area contributed by atoms with Crippen LogP contribution in [0.25, 0.3) is 0 Å². The van der Waals surface area contributed by atoms with Gasteiger partial charge in [0.15, 0.2) is 0 Å². The van der Waals surface area contributed by atoms with Crippen LogP contribution in [-0.2, 0) is 11.3 Å². The summed E-state index contributed by atoms with van der Waals surface area (Å²) in [6.45, 7) is 8.97. The Labute approximate surface area is 109 Å². The molecule has 0 atom stereocenters. The van der Waals surface area contributed by atoms with E-state index < -0.39 is 0 Å². The van der Waals surface area contributed by atoms with Crippen molar-refractivity contribution in [1.29, 1.82) is 0 Å². The lowest BCUT2D eigenvalue weighted by Crippen LogP contribution is -2.33. The molecule has 0 unspecified atom stereocenters. The molecule has 100 valence electrons. The summed E-state index contributed by atoms with van der Waals surface area (Å²) in [6, 6.07) is 5.91. The van der Waals surface area contributed by atoms with Crippen LogP contribution in [0.3, 0.4) is 0 Å². The number of carbonyl (C=O) groups is 1. The lowest BCUT2D eigenvalue weighted by molar-refractivity contribution is -0.131. The first-order chi connectivity index (χ1) is 8.67. The number of hydrogen-bond acceptors (Lipinski definition) is 3. The molecule has 1 N–H and O–H groups in total. The van der Waals surface area contributed by atoms with Gasteiger partial charge >= 0.3 is 0 Å². The van der Waals surface area contributed by atoms with Crippen molar-refractivity contribution in [3.63, 3.8) is 0 Å². The Morgan fingerprint density at radius 2 is 2.17 bits per heavy atom. The molecular weight excluding hydrogens is 226 g/mol. The minimum absolute atomic E-state index is 0.182. The molecule has 1 aromatic rings. The Morgan fingerprint density at radius 3 is 2.78 bits per heavy atom. The third-order valence-corrected chi connectivity index (χ3v) is 2.80. The van der Waals surface area contributed by atoms with Gasteiger partial charge in [-0.2, -0.15) is 0 Å². The summed E-state index contributed by atoms with van der Waals surface area (Å²) < 4.78 is 0. The van der Waals surface area contributed by atoms with Gasteiger partial charge in [-0.25, -0.2) is 0 Å². The van der Waals surface area contributed by atoms with Crippen molar-refractivity contribution in [1.82, 2.24) is 15.2 Å². The molecule has 0 fully saturated rings. The van der Waals surface area contributed by atoms with Gasteiger partial charge in [-0.3, -0.25) is 9.78 Å². The molecule has 0 saturated heterocycles. The van der Waals surface area contributed by atoms with Gasteiger partial charge in [0.25, 0.3) is 0 Å². The molecule has 4 nitrogen and oxygen atoms in total. The predicted molar refractivity (Wildman–Crippen MR) is 73.2 cm³/mol. The zero-order chi connectivity index (χ0) is 13.4. The fourth-order valence-electron chi connectivity index (χ4n) is 1.79. The second-order valence-electron chi connectivity index (χ2n) is 4.28. The summed E-state index contributed by atoms with van der Waals surface area (Å²) in [6.07, 6.45) is 0.549. The van der Waals surface area contributed by atoms with Gasteiger partial charge in [0.2, 0.25) is 5.91 Å². The number of nitrogens with one attached hydrogen (secondary N) is 1. The van der Waals surface area contributed by atoms with Crippen LogP contribution in [0.5, 0.6) is 0 Å². The summed E-state index contributed by atoms with van der Waals surface area (Å²) in [5, 5.41) is 3.17. The predicted octanol–water partition coefficient (Wildman–Crippen LogP) is 1.74. The number of rotatable bonds is 7. The van der Waals surface area contributed by atoms with Crippen molar-refractivity contribution in [3.05, 3.63) is 29.6 Å². The molecule has 0 aliphatic heterocycles. The molecule has 0 spiro atoms. The minimum Gasteiger partial charge on any atom is -0.337 e. The molecule has 0 bridgehead atoms. The Hall–Kier alpha value is -1.42. The second-order valence-corrected chi connectivity index (χ2v) is 4.28. The third-order valence-electron chi connectivity index (χ3n) is 2.80. The van der Waals surface area contributed by atoms with Crippen LogP contribution in [0.2, 0.25) is 0 Å². The van der Waals surface area contributed by atoms with Gasteiger partial charge in [-0.15, -0.1) is 0 Å². The topological polar surface area (TPSA) is 45.2 Å². The number of aryl methyl sites for hydroxylation is 1. The fourth-order valence-corrected chi connectivity index (χ4v) is 1.79. The number of hydrogen-bond donors (Lipinski definition) is 1. The Bertz CT molecular complexity index is 379. The van der Waals surface area contributed by atoms with E-state index in [4.69, 9.17) is 0 Å². The molecule has 0 saturated carbocycles. The first-order valence-electron chi connectivity index (χ1n) is 6.58. The normalized spacial score (nSPS) is 10.4. The highest BCUT2D eigenvalue weighted by Crippen LogP contribution is 2.04. The van der Waals surface area contributed by atoms with Crippen LogP contribution in [0.15, 0.2) is 18.2 Å². The van der Waals surface area contributed by atoms with E-state index in [1.807, 2.05) is 43.9 Å². The number of amides is 1. The highest BCUT2D eigenvalue weighted by atomic mass is 16.2. The van der Waals surface area contributed by atoms with E-state index in [0.717, 1.165) is 31.0 Å². The molecule has 1 heterocycles. The molecule has 4 heteroatoms. The monoisotopic (exact) mass is 249 g/mol. The summed E-state index contributed by atoms with van der Waals surface area (Å²) in [4.78, 5) is 18.3. The maximum absolute atomic E-state index is 12.0. The largest absolute Gasteiger partial charge is 0.337 e. The average Bonchev–Trinajstić information content (AvgIpc) is 2.36. The summed E-state index contributed by atoms with van der Waals surface area (Å²) in [7, 11) is 0. The third kappa shape index (κ3) is 4.84. The Balaban J connectivity index is 2.53. The molecule has 0 aliphatic carbocycles. The lowest BCUT2D eigenvalue weighted by Gasteiger charge is -2.20. The van der Waals surface area contributed by atoms with Crippen molar-refractivity contribution in [2.24, 2.45) is 0 Å². The molecule has 18 heavy (non-hydrogen) atoms. The van der Waals surface area contributed by atoms with Crippen molar-refractivity contribution in [2.75, 3.05) is 19.6 Å². The Kier molecular flexibility index (Phi) is 6.36. The smallest absolute Gasteiger partial charge is 0.224 e. The van der Waals surface area contributed by atoms with E-state index in [2.05, 4.69) is 10.3 Å². The van der Waals surface area contributed by atoms with Crippen LogP contribution in [0.4, 0.5) is 0 Å². The first-order valence-corrected chi connectivity index (χ1v) is 6.58. The zero-order valence-corrected chi connectivity index (χ0v) is 11.6. The van der Waals surface area contributed by atoms with Crippen LogP contribution in [0.1, 0.15) is 31.7 Å². The standard InChI is InChI=1S/C14H23N3O/c1-4-15-10-9-14(18)17(5-2)11-13-8-6-7-12(3)16-13/h6-8,15H,4-5,9-11H2,1-3H3. The van der Waals surface area contributed by atoms with Crippen LogP contribution in [0, 0.1) is 6.92 Å². The summed E-state index contributed by atoms with van der Waals surface area (Å²) in [5.74, 6) is 0.182. The van der Waals surface area contributed by atoms with E-state index in [9.17, 15) is 4.79 Å². The van der Waals surface area contributed by atoms with E-state index >= 15 is 0 Å². The quantitative estimate of drug-likeness (QED) is 0.749. The van der Waals surface area contributed by atoms with Gasteiger partial charge in [0, 0.05) is 25.2 Å². The van der Waals surface area contributed by atoms with Crippen molar-refractivity contribution >= 4 is 5.91 Å². The average molecular weight is 249 g/mol. The van der Waals surface area contributed by atoms with Crippen LogP contribution in [-0.4, -0.2) is 35.4 Å². The van der Waals surface area contributed by atoms with E-state index in [0.29, 0.717) is 13.0 Å². The van der Waals surface area contributed by atoms with Gasteiger partial charge in [-0.1, -0.05) is 13.0 Å². The zero-order valence-electron chi connectivity index (χ0n) is 11.6. The first kappa shape index (κ1) is 14.6. The maximum atomic E-state index is 12.0. The molecular formula is C14H23N3O. The van der Waals surface area contributed by atoms with Crippen molar-refractivity contribution in [3.8, 4) is 0 Å². The highest BCUT2D eigenvalue weighted by molar-refractivity contribution is 5.76. The van der Waals surface area contributed by atoms with Gasteiger partial charge in [0.05, 0.1) is 12.2 Å². The van der Waals surface area contributed by atoms with E-state index in [1.165, 1.54) is 0 Å². The van der Waals surface area contributed by atoms with E-state index in [1.54, 1.807) is 0 Å². The van der Waals surface area contributed by atoms with Crippen molar-refractivity contribution < 1.29 is 4.79 Å².